The summed E-state index contributed by atoms with van der Waals surface area (Å²) in [6.07, 6.45) is 0.807. The van der Waals surface area contributed by atoms with Crippen LogP contribution in [0.1, 0.15) is 31.1 Å². The molecular weight excluding hydrogens is 164 g/mol. The van der Waals surface area contributed by atoms with Crippen LogP contribution in [0.2, 0.25) is 0 Å². The Balaban J connectivity index is 2.94. The summed E-state index contributed by atoms with van der Waals surface area (Å²) >= 11 is 0. The van der Waals surface area contributed by atoms with E-state index in [1.54, 1.807) is 12.1 Å². The van der Waals surface area contributed by atoms with Crippen LogP contribution in [0.3, 0.4) is 0 Å². The van der Waals surface area contributed by atoms with Gasteiger partial charge in [0.2, 0.25) is 0 Å². The maximum absolute atomic E-state index is 10.6. The second kappa shape index (κ2) is 3.60. The van der Waals surface area contributed by atoms with Gasteiger partial charge in [0.15, 0.2) is 6.29 Å². The van der Waals surface area contributed by atoms with Gasteiger partial charge in [0, 0.05) is 0 Å². The van der Waals surface area contributed by atoms with Gasteiger partial charge in [-0.15, -0.1) is 0 Å². The summed E-state index contributed by atoms with van der Waals surface area (Å²) in [5, 5.41) is 0. The highest BCUT2D eigenvalue weighted by Gasteiger charge is 2.13. The van der Waals surface area contributed by atoms with Crippen molar-refractivity contribution in [3.05, 3.63) is 29.8 Å². The van der Waals surface area contributed by atoms with Gasteiger partial charge < -0.3 is 4.74 Å². The van der Waals surface area contributed by atoms with Gasteiger partial charge in [0.05, 0.1) is 5.56 Å². The standard InChI is InChI=1S/C11H14O2/c1-11(2,3)13-10-7-5-4-6-9(10)8-12/h4-8H,1-3H3. The van der Waals surface area contributed by atoms with E-state index >= 15 is 0 Å². The molecule has 1 aromatic carbocycles. The summed E-state index contributed by atoms with van der Waals surface area (Å²) in [6, 6.07) is 7.22. The zero-order valence-electron chi connectivity index (χ0n) is 8.20. The van der Waals surface area contributed by atoms with Gasteiger partial charge >= 0.3 is 0 Å². The molecule has 0 amide bonds. The van der Waals surface area contributed by atoms with E-state index in [4.69, 9.17) is 4.74 Å². The lowest BCUT2D eigenvalue weighted by molar-refractivity contribution is 0.109. The number of ether oxygens (including phenoxy) is 1. The Morgan fingerprint density at radius 1 is 1.23 bits per heavy atom. The van der Waals surface area contributed by atoms with Crippen molar-refractivity contribution in [3.63, 3.8) is 0 Å². The van der Waals surface area contributed by atoms with Crippen LogP contribution in [0.15, 0.2) is 24.3 Å². The second-order valence-electron chi connectivity index (χ2n) is 3.87. The smallest absolute Gasteiger partial charge is 0.153 e. The van der Waals surface area contributed by atoms with Crippen LogP contribution in [-0.2, 0) is 0 Å². The summed E-state index contributed by atoms with van der Waals surface area (Å²) in [6.45, 7) is 5.86. The minimum atomic E-state index is -0.265. The molecule has 0 saturated carbocycles. The fourth-order valence-electron chi connectivity index (χ4n) is 1.00. The number of hydrogen-bond acceptors (Lipinski definition) is 2. The number of hydrogen-bond donors (Lipinski definition) is 0. The van der Waals surface area contributed by atoms with E-state index in [1.165, 1.54) is 0 Å². The molecule has 0 aliphatic rings. The van der Waals surface area contributed by atoms with Crippen LogP contribution >= 0.6 is 0 Å². The zero-order chi connectivity index (χ0) is 9.90. The zero-order valence-corrected chi connectivity index (χ0v) is 8.20. The van der Waals surface area contributed by atoms with Crippen LogP contribution in [0.25, 0.3) is 0 Å². The minimum Gasteiger partial charge on any atom is -0.487 e. The van der Waals surface area contributed by atoms with E-state index in [2.05, 4.69) is 0 Å². The van der Waals surface area contributed by atoms with E-state index < -0.39 is 0 Å². The maximum atomic E-state index is 10.6. The third-order valence-electron chi connectivity index (χ3n) is 1.46. The number of carbonyl (C=O) groups is 1. The van der Waals surface area contributed by atoms with Gasteiger partial charge in [-0.3, -0.25) is 4.79 Å². The van der Waals surface area contributed by atoms with E-state index in [-0.39, 0.29) is 5.60 Å². The predicted octanol–water partition coefficient (Wildman–Crippen LogP) is 2.68. The van der Waals surface area contributed by atoms with Crippen molar-refractivity contribution in [2.45, 2.75) is 26.4 Å². The molecule has 0 atom stereocenters. The Kier molecular flexibility index (Phi) is 2.71. The Morgan fingerprint density at radius 2 is 1.85 bits per heavy atom. The van der Waals surface area contributed by atoms with Crippen LogP contribution < -0.4 is 4.74 Å². The summed E-state index contributed by atoms with van der Waals surface area (Å²) in [4.78, 5) is 10.6. The number of rotatable bonds is 2. The highest BCUT2D eigenvalue weighted by molar-refractivity contribution is 5.79. The largest absolute Gasteiger partial charge is 0.487 e. The number of benzene rings is 1. The predicted molar refractivity (Wildman–Crippen MR) is 52.2 cm³/mol. The molecule has 13 heavy (non-hydrogen) atoms. The molecule has 0 heterocycles. The molecule has 0 aliphatic carbocycles. The number of para-hydroxylation sites is 1. The molecule has 2 heteroatoms. The molecular formula is C11H14O2. The molecule has 0 aliphatic heterocycles. The van der Waals surface area contributed by atoms with Gasteiger partial charge in [-0.2, -0.15) is 0 Å². The lowest BCUT2D eigenvalue weighted by atomic mass is 10.1. The molecule has 0 bridgehead atoms. The van der Waals surface area contributed by atoms with E-state index in [9.17, 15) is 4.79 Å². The van der Waals surface area contributed by atoms with Gasteiger partial charge in [-0.25, -0.2) is 0 Å². The third kappa shape index (κ3) is 2.90. The third-order valence-corrected chi connectivity index (χ3v) is 1.46. The molecule has 0 fully saturated rings. The van der Waals surface area contributed by atoms with E-state index in [0.717, 1.165) is 6.29 Å². The monoisotopic (exact) mass is 178 g/mol. The van der Waals surface area contributed by atoms with Crippen LogP contribution in [0.4, 0.5) is 0 Å². The SMILES string of the molecule is CC(C)(C)Oc1ccccc1C=O. The fourth-order valence-corrected chi connectivity index (χ4v) is 1.00. The summed E-state index contributed by atoms with van der Waals surface area (Å²) in [7, 11) is 0. The second-order valence-corrected chi connectivity index (χ2v) is 3.87. The van der Waals surface area contributed by atoms with E-state index in [0.29, 0.717) is 11.3 Å². The maximum Gasteiger partial charge on any atom is 0.153 e. The van der Waals surface area contributed by atoms with Crippen LogP contribution in [-0.4, -0.2) is 11.9 Å². The van der Waals surface area contributed by atoms with Crippen LogP contribution in [0.5, 0.6) is 5.75 Å². The van der Waals surface area contributed by atoms with Crippen molar-refractivity contribution >= 4 is 6.29 Å². The van der Waals surface area contributed by atoms with E-state index in [1.807, 2.05) is 32.9 Å². The first-order chi connectivity index (χ1) is 6.03. The van der Waals surface area contributed by atoms with Crippen molar-refractivity contribution in [2.24, 2.45) is 0 Å². The minimum absolute atomic E-state index is 0.265. The fraction of sp³-hybridized carbons (Fsp3) is 0.364. The molecule has 1 rings (SSSR count). The summed E-state index contributed by atoms with van der Waals surface area (Å²) in [5.74, 6) is 0.644. The molecule has 0 saturated heterocycles. The highest BCUT2D eigenvalue weighted by Crippen LogP contribution is 2.21. The van der Waals surface area contributed by atoms with Gasteiger partial charge in [0.1, 0.15) is 11.4 Å². The molecule has 0 spiro atoms. The van der Waals surface area contributed by atoms with Crippen molar-refractivity contribution in [2.75, 3.05) is 0 Å². The van der Waals surface area contributed by atoms with Crippen LogP contribution in [0, 0.1) is 0 Å². The quantitative estimate of drug-likeness (QED) is 0.651. The van der Waals surface area contributed by atoms with Crippen molar-refractivity contribution in [1.82, 2.24) is 0 Å². The van der Waals surface area contributed by atoms with Crippen molar-refractivity contribution in [3.8, 4) is 5.75 Å². The molecule has 2 nitrogen and oxygen atoms in total. The lowest BCUT2D eigenvalue weighted by Crippen LogP contribution is -2.23. The van der Waals surface area contributed by atoms with Gasteiger partial charge in [-0.05, 0) is 32.9 Å². The summed E-state index contributed by atoms with van der Waals surface area (Å²) < 4.78 is 5.59. The summed E-state index contributed by atoms with van der Waals surface area (Å²) in [5.41, 5.74) is 0.330. The topological polar surface area (TPSA) is 26.3 Å². The molecule has 70 valence electrons. The van der Waals surface area contributed by atoms with Crippen molar-refractivity contribution in [1.29, 1.82) is 0 Å². The molecule has 0 N–H and O–H groups in total. The molecule has 1 aromatic rings. The average molecular weight is 178 g/mol. The molecule has 0 radical (unpaired) electrons. The number of carbonyl (C=O) groups excluding carboxylic acids is 1. The first-order valence-electron chi connectivity index (χ1n) is 4.26. The van der Waals surface area contributed by atoms with Crippen molar-refractivity contribution < 1.29 is 9.53 Å². The average Bonchev–Trinajstić information content (AvgIpc) is 2.02. The Hall–Kier alpha value is -1.31. The Bertz CT molecular complexity index is 297. The first-order valence-corrected chi connectivity index (χ1v) is 4.26. The van der Waals surface area contributed by atoms with Gasteiger partial charge in [0.25, 0.3) is 0 Å². The molecule has 0 aromatic heterocycles. The highest BCUT2D eigenvalue weighted by atomic mass is 16.5. The van der Waals surface area contributed by atoms with Gasteiger partial charge in [-0.1, -0.05) is 12.1 Å². The Morgan fingerprint density at radius 3 is 2.38 bits per heavy atom. The molecule has 0 unspecified atom stereocenters. The lowest BCUT2D eigenvalue weighted by Gasteiger charge is -2.22. The first kappa shape index (κ1) is 9.78. The Labute approximate surface area is 78.5 Å². The number of aldehydes is 1. The normalized spacial score (nSPS) is 11.0.